The molecule has 0 saturated heterocycles. The molecule has 14 heavy (non-hydrogen) atoms. The van der Waals surface area contributed by atoms with Gasteiger partial charge in [-0.15, -0.1) is 0 Å². The van der Waals surface area contributed by atoms with Crippen LogP contribution in [0.25, 0.3) is 0 Å². The smallest absolute Gasteiger partial charge is 0.315 e. The van der Waals surface area contributed by atoms with Crippen molar-refractivity contribution in [3.8, 4) is 0 Å². The van der Waals surface area contributed by atoms with Crippen molar-refractivity contribution in [3.63, 3.8) is 0 Å². The molecule has 0 aliphatic heterocycles. The summed E-state index contributed by atoms with van der Waals surface area (Å²) >= 11 is 0. The van der Waals surface area contributed by atoms with Gasteiger partial charge in [0.05, 0.1) is 5.41 Å². The molecule has 0 bridgehead atoms. The zero-order valence-corrected chi connectivity index (χ0v) is 9.33. The number of nitrogens with two attached hydrogens (primary N) is 3. The van der Waals surface area contributed by atoms with Crippen LogP contribution in [-0.4, -0.2) is 11.9 Å². The first-order valence-electron chi connectivity index (χ1n) is 4.64. The van der Waals surface area contributed by atoms with Crippen LogP contribution < -0.4 is 17.2 Å². The lowest BCUT2D eigenvalue weighted by Crippen LogP contribution is -2.62. The SMILES string of the molecule is CC(C)CC(C)(C)C(=O)OC(N)(N)N. The van der Waals surface area contributed by atoms with Gasteiger partial charge in [-0.1, -0.05) is 13.8 Å². The topological polar surface area (TPSA) is 104 Å². The highest BCUT2D eigenvalue weighted by molar-refractivity contribution is 5.76. The fraction of sp³-hybridized carbons (Fsp3) is 0.889. The van der Waals surface area contributed by atoms with E-state index in [0.29, 0.717) is 12.3 Å². The molecule has 6 N–H and O–H groups in total. The lowest BCUT2D eigenvalue weighted by molar-refractivity contribution is -0.170. The van der Waals surface area contributed by atoms with Crippen molar-refractivity contribution in [2.75, 3.05) is 0 Å². The third kappa shape index (κ3) is 5.16. The summed E-state index contributed by atoms with van der Waals surface area (Å²) in [7, 11) is 0. The molecule has 5 heteroatoms. The Morgan fingerprint density at radius 2 is 1.71 bits per heavy atom. The first-order chi connectivity index (χ1) is 6.04. The number of rotatable bonds is 4. The molecular formula is C9H21N3O2. The summed E-state index contributed by atoms with van der Waals surface area (Å²) in [6.45, 7) is 7.60. The Kier molecular flexibility index (Phi) is 4.05. The molecule has 0 fully saturated rings. The predicted molar refractivity (Wildman–Crippen MR) is 54.6 cm³/mol. The number of carbonyl (C=O) groups is 1. The molecule has 0 heterocycles. The van der Waals surface area contributed by atoms with Crippen LogP contribution in [0.4, 0.5) is 0 Å². The zero-order chi connectivity index (χ0) is 11.6. The quantitative estimate of drug-likeness (QED) is 0.443. The maximum Gasteiger partial charge on any atom is 0.315 e. The van der Waals surface area contributed by atoms with Gasteiger partial charge in [0, 0.05) is 0 Å². The van der Waals surface area contributed by atoms with Crippen LogP contribution in [0.15, 0.2) is 0 Å². The molecule has 0 radical (unpaired) electrons. The Labute approximate surface area is 85.0 Å². The zero-order valence-electron chi connectivity index (χ0n) is 9.33. The highest BCUT2D eigenvalue weighted by Gasteiger charge is 2.33. The average molecular weight is 203 g/mol. The van der Waals surface area contributed by atoms with Crippen LogP contribution in [0.1, 0.15) is 34.1 Å². The van der Waals surface area contributed by atoms with Gasteiger partial charge in [0.1, 0.15) is 0 Å². The minimum absolute atomic E-state index is 0.389. The van der Waals surface area contributed by atoms with Crippen molar-refractivity contribution in [2.45, 2.75) is 40.1 Å². The summed E-state index contributed by atoms with van der Waals surface area (Å²) in [5.41, 5.74) is 14.9. The summed E-state index contributed by atoms with van der Waals surface area (Å²) in [5.74, 6) is -1.97. The van der Waals surface area contributed by atoms with Crippen molar-refractivity contribution < 1.29 is 9.53 Å². The van der Waals surface area contributed by atoms with E-state index in [1.807, 2.05) is 13.8 Å². The number of carbonyl (C=O) groups excluding carboxylic acids is 1. The van der Waals surface area contributed by atoms with Gasteiger partial charge in [-0.2, -0.15) is 0 Å². The van der Waals surface area contributed by atoms with Crippen LogP contribution in [-0.2, 0) is 9.53 Å². The normalized spacial score (nSPS) is 13.1. The van der Waals surface area contributed by atoms with Crippen LogP contribution in [0.5, 0.6) is 0 Å². The van der Waals surface area contributed by atoms with Gasteiger partial charge in [0.25, 0.3) is 5.97 Å². The van der Waals surface area contributed by atoms with Gasteiger partial charge in [-0.3, -0.25) is 22.0 Å². The Morgan fingerprint density at radius 1 is 1.29 bits per heavy atom. The van der Waals surface area contributed by atoms with E-state index < -0.39 is 17.4 Å². The van der Waals surface area contributed by atoms with Crippen LogP contribution in [0.3, 0.4) is 0 Å². The van der Waals surface area contributed by atoms with Gasteiger partial charge in [0.2, 0.25) is 0 Å². The van der Waals surface area contributed by atoms with Crippen molar-refractivity contribution in [1.29, 1.82) is 0 Å². The lowest BCUT2D eigenvalue weighted by atomic mass is 9.84. The molecule has 0 unspecified atom stereocenters. The largest absolute Gasteiger partial charge is 0.416 e. The van der Waals surface area contributed by atoms with Crippen LogP contribution >= 0.6 is 0 Å². The molecule has 0 aromatic rings. The average Bonchev–Trinajstić information content (AvgIpc) is 1.79. The fourth-order valence-electron chi connectivity index (χ4n) is 1.40. The Bertz CT molecular complexity index is 207. The van der Waals surface area contributed by atoms with Crippen molar-refractivity contribution in [2.24, 2.45) is 28.5 Å². The van der Waals surface area contributed by atoms with Gasteiger partial charge in [-0.25, -0.2) is 0 Å². The highest BCUT2D eigenvalue weighted by Crippen LogP contribution is 2.27. The molecule has 0 spiro atoms. The Balaban J connectivity index is 4.36. The first kappa shape index (κ1) is 13.4. The van der Waals surface area contributed by atoms with Crippen molar-refractivity contribution in [3.05, 3.63) is 0 Å². The van der Waals surface area contributed by atoms with E-state index >= 15 is 0 Å². The number of ether oxygens (including phenoxy) is 1. The van der Waals surface area contributed by atoms with E-state index in [2.05, 4.69) is 0 Å². The summed E-state index contributed by atoms with van der Waals surface area (Å²) in [6.07, 6.45) is 0.696. The second kappa shape index (κ2) is 4.25. The van der Waals surface area contributed by atoms with E-state index in [9.17, 15) is 4.79 Å². The number of hydrogen-bond donors (Lipinski definition) is 3. The van der Waals surface area contributed by atoms with Crippen LogP contribution in [0.2, 0.25) is 0 Å². The van der Waals surface area contributed by atoms with Gasteiger partial charge in [-0.05, 0) is 26.2 Å². The summed E-state index contributed by atoms with van der Waals surface area (Å²) in [5, 5.41) is 0. The molecule has 0 saturated carbocycles. The van der Waals surface area contributed by atoms with Gasteiger partial charge < -0.3 is 4.74 Å². The summed E-state index contributed by atoms with van der Waals surface area (Å²) in [6, 6.07) is 0. The van der Waals surface area contributed by atoms with E-state index in [1.54, 1.807) is 13.8 Å². The van der Waals surface area contributed by atoms with Crippen molar-refractivity contribution >= 4 is 5.97 Å². The van der Waals surface area contributed by atoms with Gasteiger partial charge in [0.15, 0.2) is 0 Å². The third-order valence-corrected chi connectivity index (χ3v) is 1.74. The minimum Gasteiger partial charge on any atom is -0.416 e. The summed E-state index contributed by atoms with van der Waals surface area (Å²) < 4.78 is 4.70. The second-order valence-corrected chi connectivity index (χ2v) is 4.72. The third-order valence-electron chi connectivity index (χ3n) is 1.74. The predicted octanol–water partition coefficient (Wildman–Crippen LogP) is 0.0893. The first-order valence-corrected chi connectivity index (χ1v) is 4.64. The molecule has 5 nitrogen and oxygen atoms in total. The standard InChI is InChI=1S/C9H21N3O2/c1-6(2)5-8(3,4)7(13)14-9(10,11)12/h6H,5,10-12H2,1-4H3. The maximum absolute atomic E-state index is 11.6. The van der Waals surface area contributed by atoms with E-state index in [4.69, 9.17) is 21.9 Å². The molecule has 0 rings (SSSR count). The summed E-state index contributed by atoms with van der Waals surface area (Å²) in [4.78, 5) is 11.6. The molecule has 0 aliphatic carbocycles. The maximum atomic E-state index is 11.6. The van der Waals surface area contributed by atoms with Crippen LogP contribution in [0, 0.1) is 11.3 Å². The second-order valence-electron chi connectivity index (χ2n) is 4.72. The molecule has 0 aliphatic rings. The number of hydrogen-bond acceptors (Lipinski definition) is 5. The molecule has 0 aromatic carbocycles. The highest BCUT2D eigenvalue weighted by atomic mass is 16.6. The van der Waals surface area contributed by atoms with E-state index in [1.165, 1.54) is 0 Å². The Hall–Kier alpha value is -0.650. The fourth-order valence-corrected chi connectivity index (χ4v) is 1.40. The number of esters is 1. The molecule has 0 atom stereocenters. The Morgan fingerprint density at radius 3 is 2.00 bits per heavy atom. The van der Waals surface area contributed by atoms with E-state index in [0.717, 1.165) is 0 Å². The molecular weight excluding hydrogens is 182 g/mol. The molecule has 0 aromatic heterocycles. The lowest BCUT2D eigenvalue weighted by Gasteiger charge is -2.28. The monoisotopic (exact) mass is 203 g/mol. The van der Waals surface area contributed by atoms with Crippen molar-refractivity contribution in [1.82, 2.24) is 0 Å². The molecule has 0 amide bonds. The van der Waals surface area contributed by atoms with Gasteiger partial charge >= 0.3 is 5.97 Å². The minimum atomic E-state index is -1.88. The van der Waals surface area contributed by atoms with E-state index in [-0.39, 0.29) is 0 Å². The molecule has 84 valence electrons.